The summed E-state index contributed by atoms with van der Waals surface area (Å²) in [5.74, 6) is 1.06. The van der Waals surface area contributed by atoms with Crippen LogP contribution in [-0.4, -0.2) is 24.4 Å². The molecule has 2 nitrogen and oxygen atoms in total. The highest BCUT2D eigenvalue weighted by Gasteiger charge is 2.18. The summed E-state index contributed by atoms with van der Waals surface area (Å²) >= 11 is 0. The Hall–Kier alpha value is -0.530. The lowest BCUT2D eigenvalue weighted by Gasteiger charge is -2.18. The number of amides is 1. The Balaban J connectivity index is 2.48. The first-order valence-corrected chi connectivity index (χ1v) is 4.48. The molecule has 0 spiro atoms. The molecule has 0 radical (unpaired) electrons. The van der Waals surface area contributed by atoms with Gasteiger partial charge in [0.25, 0.3) is 0 Å². The molecule has 1 atom stereocenters. The molecule has 1 unspecified atom stereocenters. The van der Waals surface area contributed by atoms with E-state index < -0.39 is 0 Å². The number of likely N-dealkylation sites (tertiary alicyclic amines) is 1. The van der Waals surface area contributed by atoms with Crippen LogP contribution in [0.25, 0.3) is 0 Å². The number of nitrogens with zero attached hydrogens (tertiary/aromatic N) is 1. The fourth-order valence-corrected chi connectivity index (χ4v) is 1.65. The van der Waals surface area contributed by atoms with E-state index in [1.807, 2.05) is 11.9 Å². The van der Waals surface area contributed by atoms with Crippen LogP contribution in [0.1, 0.15) is 32.6 Å². The Kier molecular flexibility index (Phi) is 2.92. The molecule has 1 amide bonds. The van der Waals surface area contributed by atoms with E-state index >= 15 is 0 Å². The maximum Gasteiger partial charge on any atom is 0.222 e. The summed E-state index contributed by atoms with van der Waals surface area (Å²) in [6.07, 6.45) is 4.28. The Bertz CT molecular complexity index is 144. The van der Waals surface area contributed by atoms with E-state index in [0.717, 1.165) is 25.3 Å². The highest BCUT2D eigenvalue weighted by Crippen LogP contribution is 2.18. The van der Waals surface area contributed by atoms with Crippen molar-refractivity contribution in [3.63, 3.8) is 0 Å². The van der Waals surface area contributed by atoms with Gasteiger partial charge in [-0.2, -0.15) is 0 Å². The molecule has 1 rings (SSSR count). The minimum atomic E-state index is 0.320. The van der Waals surface area contributed by atoms with Crippen molar-refractivity contribution in [3.8, 4) is 0 Å². The maximum atomic E-state index is 11.2. The molecule has 0 N–H and O–H groups in total. The molecule has 0 aromatic rings. The van der Waals surface area contributed by atoms with Gasteiger partial charge in [-0.05, 0) is 18.8 Å². The highest BCUT2D eigenvalue weighted by atomic mass is 16.2. The molecule has 11 heavy (non-hydrogen) atoms. The lowest BCUT2D eigenvalue weighted by Crippen LogP contribution is -2.28. The van der Waals surface area contributed by atoms with Crippen LogP contribution >= 0.6 is 0 Å². The van der Waals surface area contributed by atoms with E-state index in [2.05, 4.69) is 6.92 Å². The molecule has 0 aromatic heterocycles. The van der Waals surface area contributed by atoms with Gasteiger partial charge < -0.3 is 4.90 Å². The average molecular weight is 155 g/mol. The van der Waals surface area contributed by atoms with Gasteiger partial charge in [-0.15, -0.1) is 0 Å². The van der Waals surface area contributed by atoms with Crippen molar-refractivity contribution in [3.05, 3.63) is 0 Å². The zero-order valence-corrected chi connectivity index (χ0v) is 7.47. The fraction of sp³-hybridized carbons (Fsp3) is 0.889. The molecule has 0 saturated carbocycles. The average Bonchev–Trinajstić information content (AvgIpc) is 2.15. The second-order valence-corrected chi connectivity index (χ2v) is 3.44. The van der Waals surface area contributed by atoms with Crippen molar-refractivity contribution in [1.29, 1.82) is 0 Å². The summed E-state index contributed by atoms with van der Waals surface area (Å²) in [5, 5.41) is 0. The summed E-state index contributed by atoms with van der Waals surface area (Å²) in [4.78, 5) is 13.1. The molecule has 0 bridgehead atoms. The number of hydrogen-bond donors (Lipinski definition) is 0. The van der Waals surface area contributed by atoms with Crippen molar-refractivity contribution < 1.29 is 4.79 Å². The Labute approximate surface area is 68.6 Å². The predicted octanol–water partition coefficient (Wildman–Crippen LogP) is 1.65. The van der Waals surface area contributed by atoms with Crippen LogP contribution in [0.15, 0.2) is 0 Å². The summed E-state index contributed by atoms with van der Waals surface area (Å²) in [6, 6.07) is 0. The monoisotopic (exact) mass is 155 g/mol. The Morgan fingerprint density at radius 1 is 1.64 bits per heavy atom. The molecule has 1 heterocycles. The summed E-state index contributed by atoms with van der Waals surface area (Å²) < 4.78 is 0. The molecule has 1 saturated heterocycles. The molecule has 0 aliphatic carbocycles. The van der Waals surface area contributed by atoms with E-state index in [1.54, 1.807) is 0 Å². The van der Waals surface area contributed by atoms with Crippen LogP contribution in [0, 0.1) is 5.92 Å². The third-order valence-corrected chi connectivity index (χ3v) is 2.54. The third-order valence-electron chi connectivity index (χ3n) is 2.54. The predicted molar refractivity (Wildman–Crippen MR) is 45.3 cm³/mol. The standard InChI is InChI=1S/C9H17NO/c1-3-8-5-4-6-9(11)10(2)7-8/h8H,3-7H2,1-2H3. The first-order valence-electron chi connectivity index (χ1n) is 4.48. The number of carbonyl (C=O) groups excluding carboxylic acids is 1. The number of hydrogen-bond acceptors (Lipinski definition) is 1. The quantitative estimate of drug-likeness (QED) is 0.564. The van der Waals surface area contributed by atoms with Crippen molar-refractivity contribution in [2.24, 2.45) is 5.92 Å². The minimum absolute atomic E-state index is 0.320. The lowest BCUT2D eigenvalue weighted by molar-refractivity contribution is -0.129. The first-order chi connectivity index (χ1) is 5.24. The molecular formula is C9H17NO. The second kappa shape index (κ2) is 3.74. The van der Waals surface area contributed by atoms with E-state index in [-0.39, 0.29) is 0 Å². The van der Waals surface area contributed by atoms with Crippen LogP contribution in [0.2, 0.25) is 0 Å². The van der Waals surface area contributed by atoms with Gasteiger partial charge in [0, 0.05) is 20.0 Å². The van der Waals surface area contributed by atoms with Gasteiger partial charge >= 0.3 is 0 Å². The van der Waals surface area contributed by atoms with Crippen molar-refractivity contribution >= 4 is 5.91 Å². The van der Waals surface area contributed by atoms with E-state index in [4.69, 9.17) is 0 Å². The second-order valence-electron chi connectivity index (χ2n) is 3.44. The summed E-state index contributed by atoms with van der Waals surface area (Å²) in [7, 11) is 1.91. The van der Waals surface area contributed by atoms with Crippen LogP contribution in [-0.2, 0) is 4.79 Å². The van der Waals surface area contributed by atoms with Gasteiger partial charge in [-0.25, -0.2) is 0 Å². The zero-order valence-electron chi connectivity index (χ0n) is 7.47. The zero-order chi connectivity index (χ0) is 8.27. The topological polar surface area (TPSA) is 20.3 Å². The SMILES string of the molecule is CCC1CCCC(=O)N(C)C1. The minimum Gasteiger partial charge on any atom is -0.345 e. The van der Waals surface area contributed by atoms with E-state index in [0.29, 0.717) is 5.91 Å². The Morgan fingerprint density at radius 3 is 3.00 bits per heavy atom. The highest BCUT2D eigenvalue weighted by molar-refractivity contribution is 5.76. The third kappa shape index (κ3) is 2.21. The number of rotatable bonds is 1. The molecule has 1 aliphatic rings. The van der Waals surface area contributed by atoms with Crippen molar-refractivity contribution in [2.75, 3.05) is 13.6 Å². The van der Waals surface area contributed by atoms with Gasteiger partial charge in [-0.1, -0.05) is 13.3 Å². The fourth-order valence-electron chi connectivity index (χ4n) is 1.65. The molecule has 1 aliphatic heterocycles. The normalized spacial score (nSPS) is 26.9. The molecule has 1 fully saturated rings. The largest absolute Gasteiger partial charge is 0.345 e. The van der Waals surface area contributed by atoms with E-state index in [1.165, 1.54) is 12.8 Å². The van der Waals surface area contributed by atoms with Gasteiger partial charge in [0.1, 0.15) is 0 Å². The number of carbonyl (C=O) groups is 1. The van der Waals surface area contributed by atoms with Gasteiger partial charge in [-0.3, -0.25) is 4.79 Å². The summed E-state index contributed by atoms with van der Waals surface area (Å²) in [6.45, 7) is 3.17. The molecule has 2 heteroatoms. The van der Waals surface area contributed by atoms with Crippen molar-refractivity contribution in [2.45, 2.75) is 32.6 Å². The van der Waals surface area contributed by atoms with Gasteiger partial charge in [0.2, 0.25) is 5.91 Å². The van der Waals surface area contributed by atoms with Crippen molar-refractivity contribution in [1.82, 2.24) is 4.90 Å². The van der Waals surface area contributed by atoms with E-state index in [9.17, 15) is 4.79 Å². The van der Waals surface area contributed by atoms with Gasteiger partial charge in [0.15, 0.2) is 0 Å². The van der Waals surface area contributed by atoms with Crippen LogP contribution in [0.4, 0.5) is 0 Å². The lowest BCUT2D eigenvalue weighted by atomic mass is 10.0. The Morgan fingerprint density at radius 2 is 2.36 bits per heavy atom. The molecule has 0 aromatic carbocycles. The van der Waals surface area contributed by atoms with Crippen LogP contribution in [0.3, 0.4) is 0 Å². The van der Waals surface area contributed by atoms with Crippen LogP contribution in [0.5, 0.6) is 0 Å². The van der Waals surface area contributed by atoms with Gasteiger partial charge in [0.05, 0.1) is 0 Å². The van der Waals surface area contributed by atoms with Crippen LogP contribution < -0.4 is 0 Å². The summed E-state index contributed by atoms with van der Waals surface area (Å²) in [5.41, 5.74) is 0. The molecule has 64 valence electrons. The smallest absolute Gasteiger partial charge is 0.222 e. The maximum absolute atomic E-state index is 11.2. The first kappa shape index (κ1) is 8.57. The molecular weight excluding hydrogens is 138 g/mol.